The van der Waals surface area contributed by atoms with Crippen LogP contribution in [0.1, 0.15) is 58.8 Å². The molecule has 2 unspecified atom stereocenters. The minimum absolute atomic E-state index is 0.302. The number of hydrogen-bond donors (Lipinski definition) is 2. The van der Waals surface area contributed by atoms with Crippen molar-refractivity contribution < 1.29 is 9.90 Å². The minimum Gasteiger partial charge on any atom is -0.481 e. The Bertz CT molecular complexity index is 327. The molecule has 2 N–H and O–H groups in total. The van der Waals surface area contributed by atoms with Gasteiger partial charge in [-0.3, -0.25) is 4.79 Å². The van der Waals surface area contributed by atoms with E-state index in [4.69, 9.17) is 5.11 Å². The molecule has 1 aliphatic heterocycles. The average molecular weight is 296 g/mol. The van der Waals surface area contributed by atoms with Gasteiger partial charge in [-0.1, -0.05) is 33.1 Å². The second-order valence-corrected chi connectivity index (χ2v) is 7.51. The fourth-order valence-electron chi connectivity index (χ4n) is 4.09. The molecule has 2 aliphatic rings. The number of aliphatic carboxylic acids is 1. The third kappa shape index (κ3) is 5.95. The maximum absolute atomic E-state index is 11.1. The summed E-state index contributed by atoms with van der Waals surface area (Å²) < 4.78 is 0. The Hall–Kier alpha value is -0.610. The summed E-state index contributed by atoms with van der Waals surface area (Å²) in [5.74, 6) is 0.294. The molecule has 0 radical (unpaired) electrons. The smallest absolute Gasteiger partial charge is 0.303 e. The zero-order valence-electron chi connectivity index (χ0n) is 13.7. The topological polar surface area (TPSA) is 52.6 Å². The van der Waals surface area contributed by atoms with Crippen molar-refractivity contribution in [2.75, 3.05) is 19.6 Å². The molecule has 4 nitrogen and oxygen atoms in total. The monoisotopic (exact) mass is 296 g/mol. The van der Waals surface area contributed by atoms with Crippen LogP contribution in [0.3, 0.4) is 0 Å². The summed E-state index contributed by atoms with van der Waals surface area (Å²) in [6.45, 7) is 7.60. The highest BCUT2D eigenvalue weighted by molar-refractivity contribution is 5.67. The molecule has 0 aromatic carbocycles. The first-order valence-electron chi connectivity index (χ1n) is 8.73. The lowest BCUT2D eigenvalue weighted by Crippen LogP contribution is -2.53. The van der Waals surface area contributed by atoms with Crippen molar-refractivity contribution in [1.29, 1.82) is 0 Å². The highest BCUT2D eigenvalue weighted by Crippen LogP contribution is 2.24. The molecule has 1 saturated carbocycles. The predicted octanol–water partition coefficient (Wildman–Crippen LogP) is 2.73. The number of carbonyl (C=O) groups is 1. The van der Waals surface area contributed by atoms with Crippen molar-refractivity contribution in [2.24, 2.45) is 11.8 Å². The van der Waals surface area contributed by atoms with Crippen LogP contribution in [0.5, 0.6) is 0 Å². The van der Waals surface area contributed by atoms with E-state index in [1.54, 1.807) is 0 Å². The van der Waals surface area contributed by atoms with Crippen molar-refractivity contribution in [1.82, 2.24) is 10.2 Å². The quantitative estimate of drug-likeness (QED) is 0.791. The summed E-state index contributed by atoms with van der Waals surface area (Å²) in [5.41, 5.74) is 0. The van der Waals surface area contributed by atoms with Crippen molar-refractivity contribution in [3.63, 3.8) is 0 Å². The van der Waals surface area contributed by atoms with Gasteiger partial charge in [0.25, 0.3) is 0 Å². The standard InChI is InChI=1S/C17H32N2O2/c1-13(2)10-19-11-14(9-17(20)21)8-16(12-19)18-15-6-4-3-5-7-15/h13-16,18H,3-12H2,1-2H3,(H,20,21). The number of likely N-dealkylation sites (tertiary alicyclic amines) is 1. The molecule has 2 fully saturated rings. The Morgan fingerprint density at radius 1 is 1.19 bits per heavy atom. The Labute approximate surface area is 129 Å². The van der Waals surface area contributed by atoms with Gasteiger partial charge in [0.1, 0.15) is 0 Å². The zero-order chi connectivity index (χ0) is 15.2. The third-order valence-corrected chi connectivity index (χ3v) is 4.78. The van der Waals surface area contributed by atoms with E-state index in [9.17, 15) is 4.79 Å². The molecule has 2 rings (SSSR count). The van der Waals surface area contributed by atoms with Crippen LogP contribution in [0.4, 0.5) is 0 Å². The fourth-order valence-corrected chi connectivity index (χ4v) is 4.09. The second-order valence-electron chi connectivity index (χ2n) is 7.51. The molecular weight excluding hydrogens is 264 g/mol. The summed E-state index contributed by atoms with van der Waals surface area (Å²) in [4.78, 5) is 13.5. The third-order valence-electron chi connectivity index (χ3n) is 4.78. The first-order valence-corrected chi connectivity index (χ1v) is 8.73. The normalized spacial score (nSPS) is 28.9. The number of nitrogens with zero attached hydrogens (tertiary/aromatic N) is 1. The molecule has 1 aliphatic carbocycles. The largest absolute Gasteiger partial charge is 0.481 e. The minimum atomic E-state index is -0.650. The van der Waals surface area contributed by atoms with Crippen LogP contribution in [-0.4, -0.2) is 47.7 Å². The SMILES string of the molecule is CC(C)CN1CC(CC(=O)O)CC(NC2CCCCC2)C1. The van der Waals surface area contributed by atoms with E-state index >= 15 is 0 Å². The summed E-state index contributed by atoms with van der Waals surface area (Å²) in [5, 5.41) is 12.9. The van der Waals surface area contributed by atoms with Gasteiger partial charge in [0.15, 0.2) is 0 Å². The molecule has 21 heavy (non-hydrogen) atoms. The van der Waals surface area contributed by atoms with Crippen molar-refractivity contribution in [3.8, 4) is 0 Å². The molecular formula is C17H32N2O2. The number of nitrogens with one attached hydrogen (secondary N) is 1. The van der Waals surface area contributed by atoms with E-state index in [0.717, 1.165) is 26.1 Å². The number of carboxylic acids is 1. The average Bonchev–Trinajstić information content (AvgIpc) is 2.37. The van der Waals surface area contributed by atoms with Crippen LogP contribution in [0, 0.1) is 11.8 Å². The Balaban J connectivity index is 1.89. The molecule has 2 atom stereocenters. The second kappa shape index (κ2) is 8.14. The van der Waals surface area contributed by atoms with Crippen LogP contribution < -0.4 is 5.32 Å². The molecule has 4 heteroatoms. The molecule has 122 valence electrons. The van der Waals surface area contributed by atoms with Crippen LogP contribution in [-0.2, 0) is 4.79 Å². The highest BCUT2D eigenvalue weighted by atomic mass is 16.4. The van der Waals surface area contributed by atoms with E-state index in [1.165, 1.54) is 32.1 Å². The van der Waals surface area contributed by atoms with E-state index in [1.807, 2.05) is 0 Å². The summed E-state index contributed by atoms with van der Waals surface area (Å²) in [6, 6.07) is 1.14. The maximum Gasteiger partial charge on any atom is 0.303 e. The molecule has 1 heterocycles. The molecule has 0 aromatic rings. The van der Waals surface area contributed by atoms with E-state index < -0.39 is 5.97 Å². The summed E-state index contributed by atoms with van der Waals surface area (Å²) in [6.07, 6.45) is 8.00. The van der Waals surface area contributed by atoms with Gasteiger partial charge in [-0.15, -0.1) is 0 Å². The van der Waals surface area contributed by atoms with Gasteiger partial charge in [0.05, 0.1) is 0 Å². The molecule has 0 amide bonds. The van der Waals surface area contributed by atoms with E-state index in [-0.39, 0.29) is 0 Å². The molecule has 0 spiro atoms. The summed E-state index contributed by atoms with van der Waals surface area (Å²) in [7, 11) is 0. The first-order chi connectivity index (χ1) is 10.0. The van der Waals surface area contributed by atoms with E-state index in [2.05, 4.69) is 24.1 Å². The number of hydrogen-bond acceptors (Lipinski definition) is 3. The van der Waals surface area contributed by atoms with Gasteiger partial charge in [-0.25, -0.2) is 0 Å². The Morgan fingerprint density at radius 3 is 2.52 bits per heavy atom. The van der Waals surface area contributed by atoms with Crippen molar-refractivity contribution in [2.45, 2.75) is 70.9 Å². The first kappa shape index (κ1) is 16.8. The number of carboxylic acid groups (broad SMARTS) is 1. The lowest BCUT2D eigenvalue weighted by atomic mass is 9.89. The molecule has 1 saturated heterocycles. The van der Waals surface area contributed by atoms with Crippen molar-refractivity contribution in [3.05, 3.63) is 0 Å². The van der Waals surface area contributed by atoms with Gasteiger partial charge < -0.3 is 15.3 Å². The number of rotatable bonds is 6. The van der Waals surface area contributed by atoms with Crippen LogP contribution in [0.2, 0.25) is 0 Å². The fraction of sp³-hybridized carbons (Fsp3) is 0.941. The summed E-state index contributed by atoms with van der Waals surface area (Å²) >= 11 is 0. The van der Waals surface area contributed by atoms with Gasteiger partial charge in [-0.2, -0.15) is 0 Å². The predicted molar refractivity (Wildman–Crippen MR) is 85.4 cm³/mol. The van der Waals surface area contributed by atoms with Crippen LogP contribution in [0.15, 0.2) is 0 Å². The maximum atomic E-state index is 11.1. The van der Waals surface area contributed by atoms with Gasteiger partial charge >= 0.3 is 5.97 Å². The highest BCUT2D eigenvalue weighted by Gasteiger charge is 2.30. The van der Waals surface area contributed by atoms with Crippen LogP contribution >= 0.6 is 0 Å². The van der Waals surface area contributed by atoms with E-state index in [0.29, 0.717) is 30.3 Å². The zero-order valence-corrected chi connectivity index (χ0v) is 13.7. The van der Waals surface area contributed by atoms with Crippen molar-refractivity contribution >= 4 is 5.97 Å². The van der Waals surface area contributed by atoms with Crippen LogP contribution in [0.25, 0.3) is 0 Å². The number of piperidine rings is 1. The Kier molecular flexibility index (Phi) is 6.49. The van der Waals surface area contributed by atoms with Gasteiger partial charge in [-0.05, 0) is 31.1 Å². The van der Waals surface area contributed by atoms with Gasteiger partial charge in [0, 0.05) is 38.1 Å². The lowest BCUT2D eigenvalue weighted by molar-refractivity contribution is -0.138. The van der Waals surface area contributed by atoms with Gasteiger partial charge in [0.2, 0.25) is 0 Å². The lowest BCUT2D eigenvalue weighted by Gasteiger charge is -2.40. The molecule has 0 aromatic heterocycles. The molecule has 0 bridgehead atoms. The Morgan fingerprint density at radius 2 is 1.90 bits per heavy atom.